The molecule has 0 amide bonds. The summed E-state index contributed by atoms with van der Waals surface area (Å²) in [6.07, 6.45) is 1.37. The van der Waals surface area contributed by atoms with Crippen LogP contribution in [0.2, 0.25) is 0 Å². The lowest BCUT2D eigenvalue weighted by atomic mass is 10.1. The SMILES string of the molecule is CCCN[C@H](C)c1ccccc1OC(C)C. The van der Waals surface area contributed by atoms with E-state index in [0.29, 0.717) is 6.04 Å². The molecule has 0 aliphatic heterocycles. The van der Waals surface area contributed by atoms with Crippen molar-refractivity contribution < 1.29 is 4.74 Å². The lowest BCUT2D eigenvalue weighted by Gasteiger charge is -2.19. The van der Waals surface area contributed by atoms with Crippen molar-refractivity contribution in [2.75, 3.05) is 6.54 Å². The van der Waals surface area contributed by atoms with Crippen molar-refractivity contribution in [2.24, 2.45) is 0 Å². The van der Waals surface area contributed by atoms with E-state index in [1.54, 1.807) is 0 Å². The number of hydrogen-bond acceptors (Lipinski definition) is 2. The zero-order valence-corrected chi connectivity index (χ0v) is 10.8. The van der Waals surface area contributed by atoms with Crippen LogP contribution in [0.3, 0.4) is 0 Å². The maximum atomic E-state index is 5.81. The highest BCUT2D eigenvalue weighted by Gasteiger charge is 2.10. The lowest BCUT2D eigenvalue weighted by molar-refractivity contribution is 0.238. The number of para-hydroxylation sites is 1. The van der Waals surface area contributed by atoms with Gasteiger partial charge in [0.1, 0.15) is 5.75 Å². The average molecular weight is 221 g/mol. The highest BCUT2D eigenvalue weighted by molar-refractivity contribution is 5.35. The predicted octanol–water partition coefficient (Wildman–Crippen LogP) is 3.53. The Balaban J connectivity index is 2.76. The summed E-state index contributed by atoms with van der Waals surface area (Å²) in [6, 6.07) is 8.60. The predicted molar refractivity (Wildman–Crippen MR) is 68.9 cm³/mol. The van der Waals surface area contributed by atoms with E-state index in [-0.39, 0.29) is 6.10 Å². The van der Waals surface area contributed by atoms with Gasteiger partial charge in [-0.15, -0.1) is 0 Å². The normalized spacial score (nSPS) is 12.8. The van der Waals surface area contributed by atoms with Crippen molar-refractivity contribution in [2.45, 2.75) is 46.3 Å². The Hall–Kier alpha value is -1.02. The summed E-state index contributed by atoms with van der Waals surface area (Å²) in [4.78, 5) is 0. The summed E-state index contributed by atoms with van der Waals surface area (Å²) in [6.45, 7) is 9.51. The molecular formula is C14H23NO. The molecule has 0 aromatic heterocycles. The Morgan fingerprint density at radius 3 is 2.50 bits per heavy atom. The van der Waals surface area contributed by atoms with Gasteiger partial charge in [-0.25, -0.2) is 0 Å². The molecule has 1 aromatic carbocycles. The fourth-order valence-electron chi connectivity index (χ4n) is 1.67. The van der Waals surface area contributed by atoms with Gasteiger partial charge in [0.2, 0.25) is 0 Å². The fraction of sp³-hybridized carbons (Fsp3) is 0.571. The molecule has 0 radical (unpaired) electrons. The maximum Gasteiger partial charge on any atom is 0.124 e. The van der Waals surface area contributed by atoms with Crippen LogP contribution >= 0.6 is 0 Å². The van der Waals surface area contributed by atoms with E-state index in [0.717, 1.165) is 18.7 Å². The van der Waals surface area contributed by atoms with Crippen LogP contribution in [-0.2, 0) is 0 Å². The molecule has 2 nitrogen and oxygen atoms in total. The van der Waals surface area contributed by atoms with Crippen molar-refractivity contribution >= 4 is 0 Å². The minimum Gasteiger partial charge on any atom is -0.491 e. The zero-order valence-electron chi connectivity index (χ0n) is 10.8. The van der Waals surface area contributed by atoms with E-state index in [2.05, 4.69) is 45.1 Å². The largest absolute Gasteiger partial charge is 0.491 e. The van der Waals surface area contributed by atoms with Crippen LogP contribution in [0.4, 0.5) is 0 Å². The molecule has 0 fully saturated rings. The molecule has 0 unspecified atom stereocenters. The van der Waals surface area contributed by atoms with E-state index in [4.69, 9.17) is 4.74 Å². The summed E-state index contributed by atoms with van der Waals surface area (Å²) in [7, 11) is 0. The second kappa shape index (κ2) is 6.54. The van der Waals surface area contributed by atoms with Gasteiger partial charge < -0.3 is 10.1 Å². The Bertz CT molecular complexity index is 309. The Morgan fingerprint density at radius 2 is 1.88 bits per heavy atom. The number of benzene rings is 1. The first-order valence-electron chi connectivity index (χ1n) is 6.14. The van der Waals surface area contributed by atoms with E-state index < -0.39 is 0 Å². The molecule has 1 N–H and O–H groups in total. The molecule has 0 saturated carbocycles. The van der Waals surface area contributed by atoms with E-state index >= 15 is 0 Å². The third-order valence-electron chi connectivity index (χ3n) is 2.45. The molecule has 1 rings (SSSR count). The minimum atomic E-state index is 0.222. The molecule has 2 heteroatoms. The van der Waals surface area contributed by atoms with Crippen molar-refractivity contribution in [3.63, 3.8) is 0 Å². The molecule has 90 valence electrons. The second-order valence-corrected chi connectivity index (χ2v) is 4.38. The first-order valence-corrected chi connectivity index (χ1v) is 6.14. The van der Waals surface area contributed by atoms with Crippen molar-refractivity contribution in [3.05, 3.63) is 29.8 Å². The quantitative estimate of drug-likeness (QED) is 0.793. The van der Waals surface area contributed by atoms with E-state index in [1.807, 2.05) is 12.1 Å². The van der Waals surface area contributed by atoms with Gasteiger partial charge in [0, 0.05) is 11.6 Å². The number of hydrogen-bond donors (Lipinski definition) is 1. The third kappa shape index (κ3) is 3.86. The molecule has 0 heterocycles. The summed E-state index contributed by atoms with van der Waals surface area (Å²) >= 11 is 0. The van der Waals surface area contributed by atoms with Crippen LogP contribution in [0.25, 0.3) is 0 Å². The number of rotatable bonds is 6. The summed E-state index contributed by atoms with van der Waals surface area (Å²) in [5.41, 5.74) is 1.24. The van der Waals surface area contributed by atoms with E-state index in [1.165, 1.54) is 5.56 Å². The van der Waals surface area contributed by atoms with E-state index in [9.17, 15) is 0 Å². The second-order valence-electron chi connectivity index (χ2n) is 4.38. The molecule has 0 aliphatic rings. The lowest BCUT2D eigenvalue weighted by Crippen LogP contribution is -2.20. The average Bonchev–Trinajstić information content (AvgIpc) is 2.26. The zero-order chi connectivity index (χ0) is 12.0. The monoisotopic (exact) mass is 221 g/mol. The first-order chi connectivity index (χ1) is 7.65. The number of nitrogens with one attached hydrogen (secondary N) is 1. The van der Waals surface area contributed by atoms with Gasteiger partial charge in [-0.1, -0.05) is 25.1 Å². The molecular weight excluding hydrogens is 198 g/mol. The Morgan fingerprint density at radius 1 is 1.19 bits per heavy atom. The minimum absolute atomic E-state index is 0.222. The van der Waals surface area contributed by atoms with Crippen molar-refractivity contribution in [1.29, 1.82) is 0 Å². The summed E-state index contributed by atoms with van der Waals surface area (Å²) in [5, 5.41) is 3.48. The number of ether oxygens (including phenoxy) is 1. The maximum absolute atomic E-state index is 5.81. The van der Waals surface area contributed by atoms with Gasteiger partial charge in [-0.3, -0.25) is 0 Å². The van der Waals surface area contributed by atoms with Gasteiger partial charge in [-0.2, -0.15) is 0 Å². The summed E-state index contributed by atoms with van der Waals surface area (Å²) < 4.78 is 5.81. The first kappa shape index (κ1) is 13.0. The standard InChI is InChI=1S/C14H23NO/c1-5-10-15-12(4)13-8-6-7-9-14(13)16-11(2)3/h6-9,11-12,15H,5,10H2,1-4H3/t12-/m1/s1. The van der Waals surface area contributed by atoms with Crippen LogP contribution in [0, 0.1) is 0 Å². The Labute approximate surface area is 99.0 Å². The highest BCUT2D eigenvalue weighted by Crippen LogP contribution is 2.25. The molecule has 16 heavy (non-hydrogen) atoms. The van der Waals surface area contributed by atoms with Crippen LogP contribution in [0.15, 0.2) is 24.3 Å². The van der Waals surface area contributed by atoms with Crippen molar-refractivity contribution in [3.8, 4) is 5.75 Å². The van der Waals surface area contributed by atoms with Crippen LogP contribution in [0.1, 0.15) is 45.7 Å². The van der Waals surface area contributed by atoms with Gasteiger partial charge >= 0.3 is 0 Å². The van der Waals surface area contributed by atoms with Crippen molar-refractivity contribution in [1.82, 2.24) is 5.32 Å². The summed E-state index contributed by atoms with van der Waals surface area (Å²) in [5.74, 6) is 0.994. The third-order valence-corrected chi connectivity index (χ3v) is 2.45. The van der Waals surface area contributed by atoms with Gasteiger partial charge in [0.05, 0.1) is 6.10 Å². The molecule has 0 saturated heterocycles. The van der Waals surface area contributed by atoms with Gasteiger partial charge in [-0.05, 0) is 39.8 Å². The Kier molecular flexibility index (Phi) is 5.33. The van der Waals surface area contributed by atoms with Crippen LogP contribution < -0.4 is 10.1 Å². The fourth-order valence-corrected chi connectivity index (χ4v) is 1.67. The van der Waals surface area contributed by atoms with Gasteiger partial charge in [0.25, 0.3) is 0 Å². The molecule has 0 spiro atoms. The smallest absolute Gasteiger partial charge is 0.124 e. The van der Waals surface area contributed by atoms with Crippen LogP contribution in [-0.4, -0.2) is 12.6 Å². The van der Waals surface area contributed by atoms with Gasteiger partial charge in [0.15, 0.2) is 0 Å². The molecule has 0 bridgehead atoms. The highest BCUT2D eigenvalue weighted by atomic mass is 16.5. The topological polar surface area (TPSA) is 21.3 Å². The molecule has 1 aromatic rings. The molecule has 1 atom stereocenters. The molecule has 0 aliphatic carbocycles. The van der Waals surface area contributed by atoms with Crippen LogP contribution in [0.5, 0.6) is 5.75 Å².